The predicted octanol–water partition coefficient (Wildman–Crippen LogP) is 10.7. The number of hydrogen-bond acceptors (Lipinski definition) is 5. The van der Waals surface area contributed by atoms with Gasteiger partial charge in [0.25, 0.3) is 9.05 Å². The Hall–Kier alpha value is 3.59. The Kier molecular flexibility index (Phi) is 19.3. The molecule has 4 rings (SSSR count). The van der Waals surface area contributed by atoms with Crippen LogP contribution in [0.3, 0.4) is 0 Å². The lowest BCUT2D eigenvalue weighted by Gasteiger charge is -2.39. The maximum absolute atomic E-state index is 11.2. The normalized spacial score (nSPS) is 15.7. The van der Waals surface area contributed by atoms with E-state index in [9.17, 15) is 13.2 Å². The molecule has 0 aromatic heterocycles. The molecule has 0 amide bonds. The van der Waals surface area contributed by atoms with Gasteiger partial charge >= 0.3 is 5.97 Å². The van der Waals surface area contributed by atoms with Crippen molar-refractivity contribution in [1.29, 1.82) is 0 Å². The molecule has 0 radical (unpaired) electrons. The van der Waals surface area contributed by atoms with E-state index < -0.39 is 9.05 Å². The smallest absolute Gasteiger partial charge is 0.312 e. The van der Waals surface area contributed by atoms with Gasteiger partial charge < -0.3 is 9.64 Å². The van der Waals surface area contributed by atoms with Gasteiger partial charge in [-0.2, -0.15) is 0 Å². The predicted molar refractivity (Wildman–Crippen MR) is 216 cm³/mol. The highest BCUT2D eigenvalue weighted by atomic mass is 79.9. The number of fused-ring (bicyclic) bond motifs is 1. The summed E-state index contributed by atoms with van der Waals surface area (Å²) in [7, 11) is 24.1. The average Bonchev–Trinajstić information content (AvgIpc) is 3.31. The summed E-state index contributed by atoms with van der Waals surface area (Å²) in [4.78, 5) is 13.6. The van der Waals surface area contributed by atoms with Crippen LogP contribution in [-0.4, -0.2) is 34.6 Å². The van der Waals surface area contributed by atoms with Crippen LogP contribution in [-0.2, 0) is 31.4 Å². The van der Waals surface area contributed by atoms with Crippen LogP contribution >= 0.6 is 124 Å². The van der Waals surface area contributed by atoms with E-state index in [0.717, 1.165) is 48.1 Å². The molecule has 1 heterocycles. The van der Waals surface area contributed by atoms with Gasteiger partial charge in [-0.1, -0.05) is 28.1 Å². The highest BCUT2D eigenvalue weighted by molar-refractivity contribution is 9.21. The third kappa shape index (κ3) is 13.0. The molecule has 8 unspecified atom stereocenters. The molecule has 2 aromatic rings. The number of ether oxygens (including phenoxy) is 1. The Morgan fingerprint density at radius 2 is 1.55 bits per heavy atom. The molecule has 8 atom stereocenters. The van der Waals surface area contributed by atoms with Crippen molar-refractivity contribution in [1.82, 2.24) is 0 Å². The number of anilines is 1. The minimum absolute atomic E-state index is 0.0361. The lowest BCUT2D eigenvalue weighted by Crippen LogP contribution is -2.50. The zero-order chi connectivity index (χ0) is 30.2. The van der Waals surface area contributed by atoms with E-state index in [1.165, 1.54) is 12.7 Å². The standard InChI is InChI=1S/C11H12BrNO2.C9H9ClO2S.H14P12/c1-15-11(14)8-6-13(7-8)10-4-2-3-9(12)5-10;10-13(11,12)9-5-4-7-2-1-3-8(7)6-9;1-8(2)11(7)12(9(3)4)10(5)6/h2-5,8H,6-7H2,1H3;4-6H,1-3H2;1-7H2. The van der Waals surface area contributed by atoms with Crippen LogP contribution in [0.4, 0.5) is 5.69 Å². The molecule has 0 bridgehead atoms. The van der Waals surface area contributed by atoms with Crippen LogP contribution in [0, 0.1) is 5.92 Å². The van der Waals surface area contributed by atoms with Gasteiger partial charge in [-0.05, 0) is 95.7 Å². The quantitative estimate of drug-likeness (QED) is 0.158. The fraction of sp³-hybridized carbons (Fsp3) is 0.350. The summed E-state index contributed by atoms with van der Waals surface area (Å²) in [6.45, 7) is 2.21. The first-order valence-corrected chi connectivity index (χ1v) is 35.5. The van der Waals surface area contributed by atoms with E-state index >= 15 is 0 Å². The highest BCUT2D eigenvalue weighted by Crippen LogP contribution is 3.16. The number of rotatable bonds is 7. The summed E-state index contributed by atoms with van der Waals surface area (Å²) in [6, 6.07) is 13.2. The molecule has 1 fully saturated rings. The van der Waals surface area contributed by atoms with Gasteiger partial charge in [0.15, 0.2) is 0 Å². The van der Waals surface area contributed by atoms with Crippen molar-refractivity contribution in [3.8, 4) is 0 Å². The maximum Gasteiger partial charge on any atom is 0.312 e. The molecule has 5 nitrogen and oxygen atoms in total. The van der Waals surface area contributed by atoms with Crippen LogP contribution in [0.15, 0.2) is 51.8 Å². The molecule has 1 aliphatic carbocycles. The van der Waals surface area contributed by atoms with Gasteiger partial charge in [-0.15, -0.1) is 62.5 Å². The largest absolute Gasteiger partial charge is 0.469 e. The van der Waals surface area contributed by atoms with Crippen molar-refractivity contribution in [2.75, 3.05) is 25.1 Å². The molecule has 0 spiro atoms. The summed E-state index contributed by atoms with van der Waals surface area (Å²) in [5.74, 6) is -0.0739. The molecule has 224 valence electrons. The molecule has 2 aliphatic rings. The summed E-state index contributed by atoms with van der Waals surface area (Å²) in [5, 5.41) is 0. The Morgan fingerprint density at radius 1 is 0.950 bits per heavy atom. The van der Waals surface area contributed by atoms with Gasteiger partial charge in [-0.3, -0.25) is 4.79 Å². The Morgan fingerprint density at radius 3 is 2.02 bits per heavy atom. The SMILES string of the molecule is COC(=O)C1CN(c2cccc(Br)c2)C1.O=S(=O)(Cl)c1ccc2c(c1)CCC2.PP(P)P(P)P(P(P)P)P(P)P. The lowest BCUT2D eigenvalue weighted by molar-refractivity contribution is -0.146. The van der Waals surface area contributed by atoms with Crippen LogP contribution in [0.2, 0.25) is 0 Å². The van der Waals surface area contributed by atoms with Crippen molar-refractivity contribution in [2.24, 2.45) is 5.92 Å². The maximum atomic E-state index is 11.2. The number of methoxy groups -OCH3 is 1. The third-order valence-electron chi connectivity index (χ3n) is 5.77. The molecule has 40 heavy (non-hydrogen) atoms. The van der Waals surface area contributed by atoms with Crippen LogP contribution < -0.4 is 4.90 Å². The van der Waals surface area contributed by atoms with Crippen molar-refractivity contribution in [2.45, 2.75) is 24.2 Å². The van der Waals surface area contributed by atoms with Gasteiger partial charge in [0.2, 0.25) is 0 Å². The van der Waals surface area contributed by atoms with E-state index in [1.807, 2.05) is 30.3 Å². The van der Waals surface area contributed by atoms with Crippen LogP contribution in [0.1, 0.15) is 17.5 Å². The number of esters is 1. The summed E-state index contributed by atoms with van der Waals surface area (Å²) >= 11 is 3.42. The van der Waals surface area contributed by atoms with Crippen molar-refractivity contribution in [3.05, 3.63) is 58.1 Å². The highest BCUT2D eigenvalue weighted by Gasteiger charge is 2.33. The van der Waals surface area contributed by atoms with E-state index in [-0.39, 0.29) is 51.7 Å². The molecule has 0 saturated carbocycles. The Labute approximate surface area is 273 Å². The van der Waals surface area contributed by atoms with Crippen LogP contribution in [0.5, 0.6) is 0 Å². The summed E-state index contributed by atoms with van der Waals surface area (Å²) in [5.41, 5.74) is 3.52. The first-order valence-electron chi connectivity index (χ1n) is 11.5. The first kappa shape index (κ1) is 39.8. The third-order valence-corrected chi connectivity index (χ3v) is 74.3. The van der Waals surface area contributed by atoms with Crippen molar-refractivity contribution in [3.63, 3.8) is 0 Å². The molecular weight excluding hydrogens is 837 g/mol. The Bertz CT molecular complexity index is 1230. The molecule has 0 N–H and O–H groups in total. The van der Waals surface area contributed by atoms with Gasteiger partial charge in [0.1, 0.15) is 0 Å². The number of nitrogens with zero attached hydrogens (tertiary/aromatic N) is 1. The van der Waals surface area contributed by atoms with E-state index in [0.29, 0.717) is 0 Å². The Balaban J connectivity index is 0.000000212. The van der Waals surface area contributed by atoms with E-state index in [4.69, 9.17) is 10.7 Å². The monoisotopic (exact) mass is 871 g/mol. The van der Waals surface area contributed by atoms with Crippen molar-refractivity contribution >= 4 is 145 Å². The minimum atomic E-state index is -3.55. The molecule has 1 aliphatic heterocycles. The number of carbonyl (C=O) groups excluding carboxylic acids is 1. The van der Waals surface area contributed by atoms with E-state index in [1.54, 1.807) is 12.1 Å². The van der Waals surface area contributed by atoms with Crippen LogP contribution in [0.25, 0.3) is 0 Å². The number of hydrogen-bond donors (Lipinski definition) is 0. The van der Waals surface area contributed by atoms with Crippen molar-refractivity contribution < 1.29 is 17.9 Å². The summed E-state index contributed by atoms with van der Waals surface area (Å²) in [6.07, 6.45) is 3.13. The average molecular weight is 873 g/mol. The first-order chi connectivity index (χ1) is 18.6. The fourth-order valence-corrected chi connectivity index (χ4v) is 107. The number of halogens is 2. The zero-order valence-corrected chi connectivity index (χ0v) is 37.4. The molecule has 20 heteroatoms. The van der Waals surface area contributed by atoms with Gasteiger partial charge in [0.05, 0.1) is 17.9 Å². The van der Waals surface area contributed by atoms with E-state index in [2.05, 4.69) is 88.1 Å². The topological polar surface area (TPSA) is 63.7 Å². The fourth-order valence-electron chi connectivity index (χ4n) is 3.80. The lowest BCUT2D eigenvalue weighted by atomic mass is 9.99. The minimum Gasteiger partial charge on any atom is -0.469 e. The second kappa shape index (κ2) is 19.4. The second-order valence-corrected chi connectivity index (χ2v) is 57.0. The summed E-state index contributed by atoms with van der Waals surface area (Å²) < 4.78 is 27.7. The molecule has 2 aromatic carbocycles. The molecular formula is C20H35BrClNO4P12S. The number of benzene rings is 2. The number of aryl methyl sites for hydroxylation is 2. The zero-order valence-electron chi connectivity index (χ0n) is 21.7. The van der Waals surface area contributed by atoms with Gasteiger partial charge in [-0.25, -0.2) is 8.42 Å². The van der Waals surface area contributed by atoms with Gasteiger partial charge in [0, 0.05) is 33.9 Å². The number of carbonyl (C=O) groups is 1. The molecule has 1 saturated heterocycles. The second-order valence-electron chi connectivity index (χ2n) is 8.56.